The first-order valence-corrected chi connectivity index (χ1v) is 4.52. The number of benzene rings is 1. The van der Waals surface area contributed by atoms with E-state index in [0.717, 1.165) is 11.3 Å². The molecule has 14 heavy (non-hydrogen) atoms. The maximum Gasteiger partial charge on any atom is 0.194 e. The Labute approximate surface area is 82.6 Å². The monoisotopic (exact) mass is 185 g/mol. The molecule has 0 spiro atoms. The van der Waals surface area contributed by atoms with E-state index in [2.05, 4.69) is 4.98 Å². The second-order valence-corrected chi connectivity index (χ2v) is 3.27. The number of carbonyl (C=O) groups is 1. The number of H-pyrrole nitrogens is 1. The standard InChI is InChI=1S/C12H11NO/c1-9-7-11(8-13-9)12(14)10-5-3-2-4-6-10/h2-8,13H,1H3. The number of hydrogen-bond acceptors (Lipinski definition) is 1. The van der Waals surface area contributed by atoms with E-state index in [-0.39, 0.29) is 5.78 Å². The first-order valence-electron chi connectivity index (χ1n) is 4.52. The van der Waals surface area contributed by atoms with Gasteiger partial charge in [-0.1, -0.05) is 30.3 Å². The predicted octanol–water partition coefficient (Wildman–Crippen LogP) is 2.55. The molecule has 0 unspecified atom stereocenters. The van der Waals surface area contributed by atoms with Crippen LogP contribution in [0.2, 0.25) is 0 Å². The number of rotatable bonds is 2. The molecule has 0 aliphatic heterocycles. The summed E-state index contributed by atoms with van der Waals surface area (Å²) in [6, 6.07) is 11.1. The molecule has 0 saturated heterocycles. The Kier molecular flexibility index (Phi) is 2.19. The minimum Gasteiger partial charge on any atom is -0.364 e. The molecular weight excluding hydrogens is 174 g/mol. The van der Waals surface area contributed by atoms with Gasteiger partial charge in [-0.05, 0) is 13.0 Å². The lowest BCUT2D eigenvalue weighted by Gasteiger charge is -1.96. The Morgan fingerprint density at radius 3 is 2.43 bits per heavy atom. The number of aromatic nitrogens is 1. The van der Waals surface area contributed by atoms with Gasteiger partial charge in [0.25, 0.3) is 0 Å². The van der Waals surface area contributed by atoms with Crippen LogP contribution in [0.25, 0.3) is 0 Å². The van der Waals surface area contributed by atoms with E-state index in [1.165, 1.54) is 0 Å². The van der Waals surface area contributed by atoms with Crippen LogP contribution in [0.5, 0.6) is 0 Å². The van der Waals surface area contributed by atoms with Crippen LogP contribution >= 0.6 is 0 Å². The number of nitrogens with one attached hydrogen (secondary N) is 1. The number of aromatic amines is 1. The molecule has 2 nitrogen and oxygen atoms in total. The van der Waals surface area contributed by atoms with E-state index in [0.29, 0.717) is 5.56 Å². The Morgan fingerprint density at radius 2 is 1.86 bits per heavy atom. The molecule has 2 rings (SSSR count). The molecule has 2 aromatic rings. The van der Waals surface area contributed by atoms with Crippen molar-refractivity contribution in [2.45, 2.75) is 6.92 Å². The summed E-state index contributed by atoms with van der Waals surface area (Å²) in [5, 5.41) is 0. The normalized spacial score (nSPS) is 10.1. The molecule has 1 aromatic carbocycles. The first kappa shape index (κ1) is 8.75. The summed E-state index contributed by atoms with van der Waals surface area (Å²) in [7, 11) is 0. The summed E-state index contributed by atoms with van der Waals surface area (Å²) in [6.45, 7) is 1.93. The predicted molar refractivity (Wildman–Crippen MR) is 55.4 cm³/mol. The van der Waals surface area contributed by atoms with E-state index in [9.17, 15) is 4.79 Å². The van der Waals surface area contributed by atoms with E-state index >= 15 is 0 Å². The van der Waals surface area contributed by atoms with Gasteiger partial charge in [-0.2, -0.15) is 0 Å². The zero-order valence-electron chi connectivity index (χ0n) is 7.95. The number of hydrogen-bond donors (Lipinski definition) is 1. The molecule has 0 saturated carbocycles. The van der Waals surface area contributed by atoms with Gasteiger partial charge in [-0.15, -0.1) is 0 Å². The number of aryl methyl sites for hydroxylation is 1. The smallest absolute Gasteiger partial charge is 0.194 e. The molecule has 2 heteroatoms. The van der Waals surface area contributed by atoms with Crippen LogP contribution in [0.1, 0.15) is 21.6 Å². The molecule has 1 aromatic heterocycles. The minimum absolute atomic E-state index is 0.0648. The molecule has 0 fully saturated rings. The van der Waals surface area contributed by atoms with Crippen molar-refractivity contribution in [2.75, 3.05) is 0 Å². The van der Waals surface area contributed by atoms with Gasteiger partial charge >= 0.3 is 0 Å². The van der Waals surface area contributed by atoms with Crippen molar-refractivity contribution in [2.24, 2.45) is 0 Å². The molecule has 0 atom stereocenters. The van der Waals surface area contributed by atoms with Crippen LogP contribution in [0, 0.1) is 6.92 Å². The Bertz CT molecular complexity index is 442. The van der Waals surface area contributed by atoms with E-state index in [4.69, 9.17) is 0 Å². The summed E-state index contributed by atoms with van der Waals surface area (Å²) in [4.78, 5) is 14.8. The Balaban J connectivity index is 2.34. The number of ketones is 1. The van der Waals surface area contributed by atoms with Crippen molar-refractivity contribution in [1.82, 2.24) is 4.98 Å². The summed E-state index contributed by atoms with van der Waals surface area (Å²) < 4.78 is 0. The average Bonchev–Trinajstić information content (AvgIpc) is 2.65. The summed E-state index contributed by atoms with van der Waals surface area (Å²) >= 11 is 0. The summed E-state index contributed by atoms with van der Waals surface area (Å²) in [5.74, 6) is 0.0648. The maximum atomic E-state index is 11.8. The highest BCUT2D eigenvalue weighted by atomic mass is 16.1. The molecule has 70 valence electrons. The highest BCUT2D eigenvalue weighted by Gasteiger charge is 2.08. The Morgan fingerprint density at radius 1 is 1.14 bits per heavy atom. The van der Waals surface area contributed by atoms with Crippen molar-refractivity contribution in [3.63, 3.8) is 0 Å². The summed E-state index contributed by atoms with van der Waals surface area (Å²) in [5.41, 5.74) is 2.45. The third kappa shape index (κ3) is 1.59. The highest BCUT2D eigenvalue weighted by Crippen LogP contribution is 2.10. The summed E-state index contributed by atoms with van der Waals surface area (Å²) in [6.07, 6.45) is 1.74. The van der Waals surface area contributed by atoms with Gasteiger partial charge in [0.05, 0.1) is 0 Å². The van der Waals surface area contributed by atoms with Crippen LogP contribution < -0.4 is 0 Å². The van der Waals surface area contributed by atoms with Crippen molar-refractivity contribution in [3.8, 4) is 0 Å². The van der Waals surface area contributed by atoms with Gasteiger partial charge in [0, 0.05) is 23.0 Å². The third-order valence-electron chi connectivity index (χ3n) is 2.13. The van der Waals surface area contributed by atoms with Crippen LogP contribution in [0.3, 0.4) is 0 Å². The third-order valence-corrected chi connectivity index (χ3v) is 2.13. The second kappa shape index (κ2) is 3.50. The zero-order chi connectivity index (χ0) is 9.97. The quantitative estimate of drug-likeness (QED) is 0.716. The van der Waals surface area contributed by atoms with Gasteiger partial charge in [0.1, 0.15) is 0 Å². The average molecular weight is 185 g/mol. The van der Waals surface area contributed by atoms with Crippen LogP contribution in [-0.2, 0) is 0 Å². The minimum atomic E-state index is 0.0648. The van der Waals surface area contributed by atoms with Gasteiger partial charge in [-0.3, -0.25) is 4.79 Å². The zero-order valence-corrected chi connectivity index (χ0v) is 7.95. The maximum absolute atomic E-state index is 11.8. The Hall–Kier alpha value is -1.83. The lowest BCUT2D eigenvalue weighted by molar-refractivity contribution is 0.103. The SMILES string of the molecule is Cc1cc(C(=O)c2ccccc2)c[nH]1. The molecule has 1 heterocycles. The lowest BCUT2D eigenvalue weighted by Crippen LogP contribution is -1.98. The molecule has 0 amide bonds. The fraction of sp³-hybridized carbons (Fsp3) is 0.0833. The van der Waals surface area contributed by atoms with Crippen LogP contribution in [0.15, 0.2) is 42.6 Å². The van der Waals surface area contributed by atoms with Crippen LogP contribution in [0.4, 0.5) is 0 Å². The van der Waals surface area contributed by atoms with E-state index in [1.807, 2.05) is 43.3 Å². The van der Waals surface area contributed by atoms with E-state index in [1.54, 1.807) is 6.20 Å². The molecule has 0 aliphatic rings. The van der Waals surface area contributed by atoms with Crippen molar-refractivity contribution in [3.05, 3.63) is 59.4 Å². The first-order chi connectivity index (χ1) is 6.77. The highest BCUT2D eigenvalue weighted by molar-refractivity contribution is 6.08. The van der Waals surface area contributed by atoms with Crippen molar-refractivity contribution < 1.29 is 4.79 Å². The van der Waals surface area contributed by atoms with Gasteiger partial charge in [0.2, 0.25) is 0 Å². The lowest BCUT2D eigenvalue weighted by atomic mass is 10.1. The van der Waals surface area contributed by atoms with Gasteiger partial charge in [0.15, 0.2) is 5.78 Å². The largest absolute Gasteiger partial charge is 0.364 e. The fourth-order valence-electron chi connectivity index (χ4n) is 1.40. The van der Waals surface area contributed by atoms with Gasteiger partial charge in [-0.25, -0.2) is 0 Å². The topological polar surface area (TPSA) is 32.9 Å². The van der Waals surface area contributed by atoms with E-state index < -0.39 is 0 Å². The van der Waals surface area contributed by atoms with Gasteiger partial charge < -0.3 is 4.98 Å². The molecule has 1 N–H and O–H groups in total. The van der Waals surface area contributed by atoms with Crippen molar-refractivity contribution >= 4 is 5.78 Å². The fourth-order valence-corrected chi connectivity index (χ4v) is 1.40. The molecular formula is C12H11NO. The molecule has 0 radical (unpaired) electrons. The van der Waals surface area contributed by atoms with Crippen molar-refractivity contribution in [1.29, 1.82) is 0 Å². The molecule has 0 aliphatic carbocycles. The molecule has 0 bridgehead atoms. The second-order valence-electron chi connectivity index (χ2n) is 3.27. The van der Waals surface area contributed by atoms with Crippen LogP contribution in [-0.4, -0.2) is 10.8 Å². The number of carbonyl (C=O) groups excluding carboxylic acids is 1.